The highest BCUT2D eigenvalue weighted by Crippen LogP contribution is 2.18. The third-order valence-electron chi connectivity index (χ3n) is 3.86. The second kappa shape index (κ2) is 9.45. The number of rotatable bonds is 9. The van der Waals surface area contributed by atoms with Gasteiger partial charge in [0.15, 0.2) is 0 Å². The Morgan fingerprint density at radius 2 is 2.08 bits per heavy atom. The summed E-state index contributed by atoms with van der Waals surface area (Å²) in [5, 5.41) is 14.5. The standard InChI is InChI=1S/C19H25N3O3S/c1-4-7-22(11-19(24)25)10-15-12-26-18(20-15)9-17(23)21-16-8-13(2)5-6-14(16)3/h5-6,8,12H,4,7,9-11H2,1-3H3,(H,21,23)(H,24,25). The Balaban J connectivity index is 1.95. The van der Waals surface area contributed by atoms with Crippen LogP contribution in [0, 0.1) is 13.8 Å². The molecule has 0 saturated heterocycles. The second-order valence-corrected chi connectivity index (χ2v) is 7.32. The van der Waals surface area contributed by atoms with E-state index in [0.717, 1.165) is 33.9 Å². The highest BCUT2D eigenvalue weighted by atomic mass is 32.1. The van der Waals surface area contributed by atoms with E-state index in [9.17, 15) is 9.59 Å². The van der Waals surface area contributed by atoms with Gasteiger partial charge in [-0.15, -0.1) is 11.3 Å². The van der Waals surface area contributed by atoms with Crippen LogP contribution in [0.3, 0.4) is 0 Å². The Bertz CT molecular complexity index is 773. The number of hydrogen-bond acceptors (Lipinski definition) is 5. The minimum absolute atomic E-state index is 0.00613. The molecule has 0 aliphatic carbocycles. The number of carbonyl (C=O) groups is 2. The van der Waals surface area contributed by atoms with Crippen LogP contribution in [0.1, 0.15) is 35.2 Å². The number of carbonyl (C=O) groups excluding carboxylic acids is 1. The Kier molecular flexibility index (Phi) is 7.29. The number of amides is 1. The summed E-state index contributed by atoms with van der Waals surface area (Å²) in [5.74, 6) is -0.947. The molecule has 0 fully saturated rings. The number of aryl methyl sites for hydroxylation is 2. The molecule has 0 radical (unpaired) electrons. The minimum atomic E-state index is -0.846. The van der Waals surface area contributed by atoms with E-state index in [1.54, 1.807) is 0 Å². The van der Waals surface area contributed by atoms with Crippen molar-refractivity contribution in [3.8, 4) is 0 Å². The largest absolute Gasteiger partial charge is 0.480 e. The maximum absolute atomic E-state index is 12.3. The fourth-order valence-electron chi connectivity index (χ4n) is 2.66. The van der Waals surface area contributed by atoms with Crippen molar-refractivity contribution in [2.24, 2.45) is 0 Å². The van der Waals surface area contributed by atoms with Crippen molar-refractivity contribution >= 4 is 28.9 Å². The third kappa shape index (κ3) is 6.24. The summed E-state index contributed by atoms with van der Waals surface area (Å²) in [6.45, 7) is 7.14. The highest BCUT2D eigenvalue weighted by Gasteiger charge is 2.13. The lowest BCUT2D eigenvalue weighted by Gasteiger charge is -2.17. The maximum atomic E-state index is 12.3. The van der Waals surface area contributed by atoms with Crippen molar-refractivity contribution in [3.63, 3.8) is 0 Å². The minimum Gasteiger partial charge on any atom is -0.480 e. The van der Waals surface area contributed by atoms with Gasteiger partial charge in [0, 0.05) is 17.6 Å². The molecule has 6 nitrogen and oxygen atoms in total. The molecule has 0 aliphatic heterocycles. The molecule has 0 aliphatic rings. The fourth-order valence-corrected chi connectivity index (χ4v) is 3.44. The van der Waals surface area contributed by atoms with Crippen molar-refractivity contribution in [3.05, 3.63) is 45.4 Å². The van der Waals surface area contributed by atoms with Gasteiger partial charge in [0.25, 0.3) is 0 Å². The number of aromatic nitrogens is 1. The van der Waals surface area contributed by atoms with Crippen LogP contribution in [0.2, 0.25) is 0 Å². The SMILES string of the molecule is CCCN(CC(=O)O)Cc1csc(CC(=O)Nc2cc(C)ccc2C)n1. The predicted octanol–water partition coefficient (Wildman–Crippen LogP) is 3.24. The molecule has 0 unspecified atom stereocenters. The molecule has 7 heteroatoms. The first-order valence-corrected chi connectivity index (χ1v) is 9.50. The monoisotopic (exact) mass is 375 g/mol. The van der Waals surface area contributed by atoms with Crippen molar-refractivity contribution in [2.75, 3.05) is 18.4 Å². The highest BCUT2D eigenvalue weighted by molar-refractivity contribution is 7.09. The molecule has 26 heavy (non-hydrogen) atoms. The van der Waals surface area contributed by atoms with Crippen molar-refractivity contribution in [1.29, 1.82) is 0 Å². The molecule has 2 N–H and O–H groups in total. The molecule has 0 spiro atoms. The van der Waals surface area contributed by atoms with Crippen LogP contribution in [-0.2, 0) is 22.6 Å². The third-order valence-corrected chi connectivity index (χ3v) is 4.76. The number of nitrogens with zero attached hydrogens (tertiary/aromatic N) is 2. The summed E-state index contributed by atoms with van der Waals surface area (Å²) in [6, 6.07) is 5.95. The van der Waals surface area contributed by atoms with E-state index in [4.69, 9.17) is 5.11 Å². The number of carboxylic acids is 1. The number of nitrogens with one attached hydrogen (secondary N) is 1. The molecule has 1 aromatic heterocycles. The van der Waals surface area contributed by atoms with Gasteiger partial charge in [0.05, 0.1) is 18.7 Å². The number of benzene rings is 1. The summed E-state index contributed by atoms with van der Waals surface area (Å²) in [4.78, 5) is 29.6. The van der Waals surface area contributed by atoms with Gasteiger partial charge in [-0.1, -0.05) is 19.1 Å². The van der Waals surface area contributed by atoms with E-state index >= 15 is 0 Å². The van der Waals surface area contributed by atoms with E-state index < -0.39 is 5.97 Å². The van der Waals surface area contributed by atoms with Crippen molar-refractivity contribution < 1.29 is 14.7 Å². The zero-order chi connectivity index (χ0) is 19.1. The number of hydrogen-bond donors (Lipinski definition) is 2. The predicted molar refractivity (Wildman–Crippen MR) is 104 cm³/mol. The second-order valence-electron chi connectivity index (χ2n) is 6.38. The number of thiazole rings is 1. The van der Waals surface area contributed by atoms with E-state index in [1.165, 1.54) is 11.3 Å². The number of anilines is 1. The van der Waals surface area contributed by atoms with Crippen LogP contribution in [0.25, 0.3) is 0 Å². The van der Waals surface area contributed by atoms with Crippen LogP contribution in [0.15, 0.2) is 23.6 Å². The first-order valence-electron chi connectivity index (χ1n) is 8.62. The first-order chi connectivity index (χ1) is 12.4. The van der Waals surface area contributed by atoms with Gasteiger partial charge in [-0.3, -0.25) is 14.5 Å². The van der Waals surface area contributed by atoms with Gasteiger partial charge in [-0.2, -0.15) is 0 Å². The van der Waals surface area contributed by atoms with Gasteiger partial charge >= 0.3 is 5.97 Å². The Morgan fingerprint density at radius 1 is 1.31 bits per heavy atom. The van der Waals surface area contributed by atoms with Crippen molar-refractivity contribution in [2.45, 2.75) is 40.2 Å². The molecule has 0 bridgehead atoms. The van der Waals surface area contributed by atoms with Crippen LogP contribution in [0.5, 0.6) is 0 Å². The number of aliphatic carboxylic acids is 1. The lowest BCUT2D eigenvalue weighted by atomic mass is 10.1. The molecule has 0 atom stereocenters. The molecule has 1 heterocycles. The maximum Gasteiger partial charge on any atom is 0.317 e. The normalized spacial score (nSPS) is 10.9. The van der Waals surface area contributed by atoms with E-state index in [-0.39, 0.29) is 18.9 Å². The zero-order valence-corrected chi connectivity index (χ0v) is 16.2. The summed E-state index contributed by atoms with van der Waals surface area (Å²) < 4.78 is 0. The molecular weight excluding hydrogens is 350 g/mol. The Morgan fingerprint density at radius 3 is 2.77 bits per heavy atom. The Hall–Kier alpha value is -2.25. The van der Waals surface area contributed by atoms with Crippen LogP contribution >= 0.6 is 11.3 Å². The van der Waals surface area contributed by atoms with Gasteiger partial charge in [0.1, 0.15) is 5.01 Å². The molecule has 140 valence electrons. The van der Waals surface area contributed by atoms with Gasteiger partial charge in [-0.05, 0) is 44.0 Å². The van der Waals surface area contributed by atoms with Crippen molar-refractivity contribution in [1.82, 2.24) is 9.88 Å². The van der Waals surface area contributed by atoms with Crippen LogP contribution in [-0.4, -0.2) is 40.0 Å². The average molecular weight is 375 g/mol. The molecule has 1 amide bonds. The quantitative estimate of drug-likeness (QED) is 0.703. The number of carboxylic acid groups (broad SMARTS) is 1. The lowest BCUT2D eigenvalue weighted by molar-refractivity contribution is -0.138. The first kappa shape index (κ1) is 20.1. The molecule has 0 saturated carbocycles. The summed E-state index contributed by atoms with van der Waals surface area (Å²) in [7, 11) is 0. The average Bonchev–Trinajstić information content (AvgIpc) is 2.97. The Labute approximate surface area is 157 Å². The smallest absolute Gasteiger partial charge is 0.317 e. The zero-order valence-electron chi connectivity index (χ0n) is 15.4. The fraction of sp³-hybridized carbons (Fsp3) is 0.421. The summed E-state index contributed by atoms with van der Waals surface area (Å²) in [5.41, 5.74) is 3.74. The molecule has 1 aromatic carbocycles. The molecule has 2 rings (SSSR count). The van der Waals surface area contributed by atoms with Gasteiger partial charge < -0.3 is 10.4 Å². The van der Waals surface area contributed by atoms with Crippen LogP contribution in [0.4, 0.5) is 5.69 Å². The molecule has 2 aromatic rings. The van der Waals surface area contributed by atoms with Gasteiger partial charge in [0.2, 0.25) is 5.91 Å². The van der Waals surface area contributed by atoms with E-state index in [0.29, 0.717) is 13.1 Å². The summed E-state index contributed by atoms with van der Waals surface area (Å²) >= 11 is 1.43. The van der Waals surface area contributed by atoms with Gasteiger partial charge in [-0.25, -0.2) is 4.98 Å². The van der Waals surface area contributed by atoms with E-state index in [1.807, 2.05) is 49.3 Å². The summed E-state index contributed by atoms with van der Waals surface area (Å²) in [6.07, 6.45) is 1.09. The van der Waals surface area contributed by atoms with E-state index in [2.05, 4.69) is 10.3 Å². The lowest BCUT2D eigenvalue weighted by Crippen LogP contribution is -2.30. The topological polar surface area (TPSA) is 82.5 Å². The van der Waals surface area contributed by atoms with Crippen LogP contribution < -0.4 is 5.32 Å². The molecular formula is C19H25N3O3S.